The van der Waals surface area contributed by atoms with Gasteiger partial charge in [-0.1, -0.05) is 23.8 Å². The molecule has 0 spiro atoms. The highest BCUT2D eigenvalue weighted by Gasteiger charge is 2.16. The van der Waals surface area contributed by atoms with Crippen molar-refractivity contribution in [3.05, 3.63) is 59.4 Å². The molecular weight excluding hydrogens is 322 g/mol. The predicted octanol–water partition coefficient (Wildman–Crippen LogP) is 2.71. The van der Waals surface area contributed by atoms with Gasteiger partial charge in [-0.25, -0.2) is 18.1 Å². The third-order valence-electron chi connectivity index (χ3n) is 4.12. The van der Waals surface area contributed by atoms with Crippen molar-refractivity contribution >= 4 is 21.1 Å². The van der Waals surface area contributed by atoms with E-state index in [4.69, 9.17) is 0 Å². The highest BCUT2D eigenvalue weighted by Crippen LogP contribution is 2.17. The van der Waals surface area contributed by atoms with Crippen LogP contribution in [0.4, 0.5) is 0 Å². The Labute approximate surface area is 142 Å². The van der Waals surface area contributed by atoms with E-state index in [1.807, 2.05) is 55.8 Å². The Bertz CT molecular complexity index is 991. The van der Waals surface area contributed by atoms with Gasteiger partial charge in [0.1, 0.15) is 0 Å². The Morgan fingerprint density at radius 3 is 2.67 bits per heavy atom. The monoisotopic (exact) mass is 343 g/mol. The Balaban J connectivity index is 1.70. The summed E-state index contributed by atoms with van der Waals surface area (Å²) in [5.74, 6) is 0. The van der Waals surface area contributed by atoms with Gasteiger partial charge >= 0.3 is 0 Å². The molecule has 0 atom stereocenters. The van der Waals surface area contributed by atoms with Crippen molar-refractivity contribution in [1.29, 1.82) is 0 Å². The molecule has 6 heteroatoms. The predicted molar refractivity (Wildman–Crippen MR) is 95.5 cm³/mol. The van der Waals surface area contributed by atoms with Crippen molar-refractivity contribution in [1.82, 2.24) is 14.3 Å². The van der Waals surface area contributed by atoms with E-state index in [0.29, 0.717) is 17.9 Å². The molecule has 0 amide bonds. The van der Waals surface area contributed by atoms with Gasteiger partial charge in [0.25, 0.3) is 0 Å². The molecule has 0 saturated heterocycles. The summed E-state index contributed by atoms with van der Waals surface area (Å²) in [5, 5.41) is 0. The summed E-state index contributed by atoms with van der Waals surface area (Å²) >= 11 is 0. The van der Waals surface area contributed by atoms with Crippen LogP contribution in [0.5, 0.6) is 0 Å². The van der Waals surface area contributed by atoms with Gasteiger partial charge in [0.2, 0.25) is 10.0 Å². The zero-order valence-electron chi connectivity index (χ0n) is 14.1. The minimum Gasteiger partial charge on any atom is -0.334 e. The average molecular weight is 343 g/mol. The zero-order valence-corrected chi connectivity index (χ0v) is 14.9. The van der Waals surface area contributed by atoms with Gasteiger partial charge in [0, 0.05) is 13.6 Å². The summed E-state index contributed by atoms with van der Waals surface area (Å²) in [5.41, 5.74) is 4.86. The number of fused-ring (bicyclic) bond motifs is 1. The maximum atomic E-state index is 12.4. The van der Waals surface area contributed by atoms with Crippen LogP contribution in [0.2, 0.25) is 0 Å². The third-order valence-corrected chi connectivity index (χ3v) is 5.74. The molecule has 3 rings (SSSR count). The lowest BCUT2D eigenvalue weighted by molar-refractivity contribution is 0.581. The summed E-state index contributed by atoms with van der Waals surface area (Å²) in [4.78, 5) is 4.67. The Kier molecular flexibility index (Phi) is 4.43. The van der Waals surface area contributed by atoms with Crippen molar-refractivity contribution in [2.75, 3.05) is 6.54 Å². The van der Waals surface area contributed by atoms with Crippen LogP contribution in [0.15, 0.2) is 47.6 Å². The van der Waals surface area contributed by atoms with Crippen LogP contribution >= 0.6 is 0 Å². The van der Waals surface area contributed by atoms with Gasteiger partial charge in [-0.3, -0.25) is 0 Å². The van der Waals surface area contributed by atoms with Crippen molar-refractivity contribution in [3.63, 3.8) is 0 Å². The molecule has 0 fully saturated rings. The topological polar surface area (TPSA) is 64.0 Å². The van der Waals surface area contributed by atoms with E-state index >= 15 is 0 Å². The van der Waals surface area contributed by atoms with E-state index in [1.165, 1.54) is 0 Å². The third kappa shape index (κ3) is 3.34. The fraction of sp³-hybridized carbons (Fsp3) is 0.278. The van der Waals surface area contributed by atoms with Crippen LogP contribution in [-0.2, 0) is 23.5 Å². The number of sulfonamides is 1. The Morgan fingerprint density at radius 2 is 1.92 bits per heavy atom. The van der Waals surface area contributed by atoms with E-state index in [9.17, 15) is 8.42 Å². The van der Waals surface area contributed by atoms with Crippen LogP contribution in [0, 0.1) is 13.8 Å². The zero-order chi connectivity index (χ0) is 17.3. The van der Waals surface area contributed by atoms with Crippen molar-refractivity contribution in [2.24, 2.45) is 7.05 Å². The molecule has 2 aromatic carbocycles. The molecule has 0 saturated carbocycles. The SMILES string of the molecule is Cc1ccc(S(=O)(=O)NCCc2ccc3c(c2)ncn3C)c(C)c1. The minimum atomic E-state index is -3.49. The molecule has 1 N–H and O–H groups in total. The number of hydrogen-bond acceptors (Lipinski definition) is 3. The molecule has 0 unspecified atom stereocenters. The average Bonchev–Trinajstić information content (AvgIpc) is 2.87. The lowest BCUT2D eigenvalue weighted by Gasteiger charge is -2.10. The molecule has 0 aliphatic heterocycles. The van der Waals surface area contributed by atoms with Gasteiger partial charge in [-0.15, -0.1) is 0 Å². The number of nitrogens with one attached hydrogen (secondary N) is 1. The van der Waals surface area contributed by atoms with Crippen molar-refractivity contribution < 1.29 is 8.42 Å². The quantitative estimate of drug-likeness (QED) is 0.775. The fourth-order valence-electron chi connectivity index (χ4n) is 2.85. The van der Waals surface area contributed by atoms with Gasteiger partial charge in [-0.2, -0.15) is 0 Å². The maximum Gasteiger partial charge on any atom is 0.240 e. The van der Waals surface area contributed by atoms with E-state index in [0.717, 1.165) is 27.7 Å². The fourth-order valence-corrected chi connectivity index (χ4v) is 4.10. The summed E-state index contributed by atoms with van der Waals surface area (Å²) in [7, 11) is -1.53. The maximum absolute atomic E-state index is 12.4. The van der Waals surface area contributed by atoms with E-state index in [-0.39, 0.29) is 0 Å². The first-order valence-corrected chi connectivity index (χ1v) is 9.32. The molecular formula is C18H21N3O2S. The smallest absolute Gasteiger partial charge is 0.240 e. The van der Waals surface area contributed by atoms with Crippen LogP contribution in [-0.4, -0.2) is 24.5 Å². The van der Waals surface area contributed by atoms with Crippen LogP contribution in [0.1, 0.15) is 16.7 Å². The number of imidazole rings is 1. The minimum absolute atomic E-state index is 0.341. The number of hydrogen-bond donors (Lipinski definition) is 1. The number of benzene rings is 2. The number of aryl methyl sites for hydroxylation is 3. The van der Waals surface area contributed by atoms with Crippen molar-refractivity contribution in [2.45, 2.75) is 25.2 Å². The highest BCUT2D eigenvalue weighted by atomic mass is 32.2. The van der Waals surface area contributed by atoms with Gasteiger partial charge in [-0.05, 0) is 49.6 Å². The molecule has 24 heavy (non-hydrogen) atoms. The Hall–Kier alpha value is -2.18. The van der Waals surface area contributed by atoms with E-state index in [1.54, 1.807) is 12.4 Å². The van der Waals surface area contributed by atoms with E-state index < -0.39 is 10.0 Å². The molecule has 5 nitrogen and oxygen atoms in total. The normalized spacial score (nSPS) is 12.0. The first-order chi connectivity index (χ1) is 11.4. The standard InChI is InChI=1S/C18H21N3O2S/c1-13-4-7-18(14(2)10-13)24(22,23)20-9-8-15-5-6-17-16(11-15)19-12-21(17)3/h4-7,10-12,20H,8-9H2,1-3H3. The van der Waals surface area contributed by atoms with Crippen LogP contribution < -0.4 is 4.72 Å². The van der Waals surface area contributed by atoms with Crippen LogP contribution in [0.3, 0.4) is 0 Å². The second kappa shape index (κ2) is 6.37. The molecule has 1 heterocycles. The van der Waals surface area contributed by atoms with Gasteiger partial charge in [0.15, 0.2) is 0 Å². The van der Waals surface area contributed by atoms with Gasteiger partial charge < -0.3 is 4.57 Å². The molecule has 0 aliphatic rings. The molecule has 0 radical (unpaired) electrons. The first kappa shape index (κ1) is 16.7. The second-order valence-corrected chi connectivity index (χ2v) is 7.83. The molecule has 3 aromatic rings. The molecule has 0 bridgehead atoms. The number of nitrogens with zero attached hydrogens (tertiary/aromatic N) is 2. The van der Waals surface area contributed by atoms with E-state index in [2.05, 4.69) is 9.71 Å². The number of aromatic nitrogens is 2. The summed E-state index contributed by atoms with van der Waals surface area (Å²) < 4.78 is 29.5. The molecule has 126 valence electrons. The lowest BCUT2D eigenvalue weighted by atomic mass is 10.1. The molecule has 1 aromatic heterocycles. The van der Waals surface area contributed by atoms with Crippen molar-refractivity contribution in [3.8, 4) is 0 Å². The summed E-state index contributed by atoms with van der Waals surface area (Å²) in [6, 6.07) is 11.4. The second-order valence-electron chi connectivity index (χ2n) is 6.10. The summed E-state index contributed by atoms with van der Waals surface area (Å²) in [6.45, 7) is 4.12. The largest absolute Gasteiger partial charge is 0.334 e. The van der Waals surface area contributed by atoms with Crippen LogP contribution in [0.25, 0.3) is 11.0 Å². The van der Waals surface area contributed by atoms with Gasteiger partial charge in [0.05, 0.1) is 22.3 Å². The lowest BCUT2D eigenvalue weighted by Crippen LogP contribution is -2.26. The number of rotatable bonds is 5. The molecule has 0 aliphatic carbocycles. The Morgan fingerprint density at radius 1 is 1.12 bits per heavy atom. The first-order valence-electron chi connectivity index (χ1n) is 7.84. The summed E-state index contributed by atoms with van der Waals surface area (Å²) in [6.07, 6.45) is 2.40. The highest BCUT2D eigenvalue weighted by molar-refractivity contribution is 7.89.